The second-order valence-corrected chi connectivity index (χ2v) is 3.62. The highest BCUT2D eigenvalue weighted by atomic mass is 16.2. The molecule has 0 aromatic carbocycles. The van der Waals surface area contributed by atoms with Crippen LogP contribution in [0.1, 0.15) is 26.7 Å². The molecule has 0 radical (unpaired) electrons. The Hall–Kier alpha value is -1.10. The zero-order valence-electron chi connectivity index (χ0n) is 9.75. The second kappa shape index (κ2) is 7.23. The van der Waals surface area contributed by atoms with Crippen molar-refractivity contribution in [1.82, 2.24) is 10.2 Å². The van der Waals surface area contributed by atoms with Gasteiger partial charge < -0.3 is 16.0 Å². The van der Waals surface area contributed by atoms with E-state index in [0.29, 0.717) is 0 Å². The molecule has 0 heterocycles. The van der Waals surface area contributed by atoms with Crippen LogP contribution in [-0.2, 0) is 9.59 Å². The highest BCUT2D eigenvalue weighted by Crippen LogP contribution is 2.03. The van der Waals surface area contributed by atoms with E-state index in [1.165, 1.54) is 0 Å². The molecule has 0 spiro atoms. The van der Waals surface area contributed by atoms with Crippen LogP contribution in [-0.4, -0.2) is 42.9 Å². The molecule has 1 unspecified atom stereocenters. The molecule has 0 rings (SSSR count). The lowest BCUT2D eigenvalue weighted by Crippen LogP contribution is -2.43. The fourth-order valence-electron chi connectivity index (χ4n) is 1.23. The van der Waals surface area contributed by atoms with Gasteiger partial charge in [0.2, 0.25) is 11.8 Å². The van der Waals surface area contributed by atoms with Crippen molar-refractivity contribution in [3.63, 3.8) is 0 Å². The van der Waals surface area contributed by atoms with Crippen molar-refractivity contribution in [3.05, 3.63) is 0 Å². The molecule has 0 aliphatic heterocycles. The molecule has 0 saturated carbocycles. The Balaban J connectivity index is 3.93. The minimum atomic E-state index is -0.306. The van der Waals surface area contributed by atoms with Gasteiger partial charge in [-0.3, -0.25) is 9.59 Å². The summed E-state index contributed by atoms with van der Waals surface area (Å²) >= 11 is 0. The van der Waals surface area contributed by atoms with Gasteiger partial charge in [-0.25, -0.2) is 0 Å². The molecule has 0 fully saturated rings. The number of hydrogen-bond donors (Lipinski definition) is 2. The maximum absolute atomic E-state index is 11.6. The Kier molecular flexibility index (Phi) is 6.70. The Morgan fingerprint density at radius 3 is 2.53 bits per heavy atom. The Bertz CT molecular complexity index is 219. The van der Waals surface area contributed by atoms with Crippen LogP contribution in [0.4, 0.5) is 0 Å². The van der Waals surface area contributed by atoms with Crippen LogP contribution in [0.15, 0.2) is 0 Å². The molecule has 0 bridgehead atoms. The van der Waals surface area contributed by atoms with Crippen LogP contribution in [0.25, 0.3) is 0 Å². The first-order chi connectivity index (χ1) is 7.02. The molecular formula is C10H21N3O2. The van der Waals surface area contributed by atoms with Crippen molar-refractivity contribution in [2.24, 2.45) is 5.73 Å². The molecule has 1 atom stereocenters. The monoisotopic (exact) mass is 215 g/mol. The van der Waals surface area contributed by atoms with Crippen LogP contribution in [0.2, 0.25) is 0 Å². The maximum Gasteiger partial charge on any atom is 0.241 e. The average molecular weight is 215 g/mol. The third kappa shape index (κ3) is 5.37. The number of rotatable bonds is 6. The van der Waals surface area contributed by atoms with E-state index in [9.17, 15) is 9.59 Å². The van der Waals surface area contributed by atoms with E-state index in [4.69, 9.17) is 5.73 Å². The summed E-state index contributed by atoms with van der Waals surface area (Å²) in [6.07, 6.45) is 2.00. The quantitative estimate of drug-likeness (QED) is 0.639. The molecule has 5 nitrogen and oxygen atoms in total. The molecule has 0 aliphatic carbocycles. The molecule has 3 N–H and O–H groups in total. The third-order valence-electron chi connectivity index (χ3n) is 2.38. The first kappa shape index (κ1) is 13.9. The van der Waals surface area contributed by atoms with Crippen LogP contribution in [0.5, 0.6) is 0 Å². The van der Waals surface area contributed by atoms with Gasteiger partial charge in [-0.1, -0.05) is 13.3 Å². The number of nitrogens with two attached hydrogens (primary N) is 1. The normalized spacial score (nSPS) is 12.0. The molecule has 0 aliphatic rings. The number of amides is 2. The molecule has 0 aromatic rings. The smallest absolute Gasteiger partial charge is 0.241 e. The van der Waals surface area contributed by atoms with Crippen molar-refractivity contribution in [2.45, 2.75) is 32.7 Å². The van der Waals surface area contributed by atoms with Gasteiger partial charge in [0, 0.05) is 13.1 Å². The zero-order valence-corrected chi connectivity index (χ0v) is 9.75. The highest BCUT2D eigenvalue weighted by Gasteiger charge is 2.14. The largest absolute Gasteiger partial charge is 0.346 e. The van der Waals surface area contributed by atoms with E-state index in [1.807, 2.05) is 6.92 Å². The number of likely N-dealkylation sites (N-methyl/N-ethyl adjacent to an activating group) is 1. The predicted octanol–water partition coefficient (Wildman–Crippen LogP) is -0.292. The summed E-state index contributed by atoms with van der Waals surface area (Å²) in [4.78, 5) is 24.0. The summed E-state index contributed by atoms with van der Waals surface area (Å²) < 4.78 is 0. The van der Waals surface area contributed by atoms with Crippen LogP contribution in [0.3, 0.4) is 0 Å². The average Bonchev–Trinajstić information content (AvgIpc) is 2.24. The topological polar surface area (TPSA) is 75.4 Å². The number of hydrogen-bond acceptors (Lipinski definition) is 3. The minimum Gasteiger partial charge on any atom is -0.346 e. The van der Waals surface area contributed by atoms with Gasteiger partial charge in [0.05, 0.1) is 13.1 Å². The van der Waals surface area contributed by atoms with Crippen LogP contribution < -0.4 is 11.1 Å². The zero-order chi connectivity index (χ0) is 11.8. The lowest BCUT2D eigenvalue weighted by atomic mass is 10.2. The lowest BCUT2D eigenvalue weighted by molar-refractivity contribution is -0.133. The third-order valence-corrected chi connectivity index (χ3v) is 2.38. The van der Waals surface area contributed by atoms with Crippen molar-refractivity contribution < 1.29 is 9.59 Å². The number of nitrogens with one attached hydrogen (secondary N) is 1. The van der Waals surface area contributed by atoms with E-state index in [-0.39, 0.29) is 30.9 Å². The summed E-state index contributed by atoms with van der Waals surface area (Å²) in [5, 5.41) is 2.45. The van der Waals surface area contributed by atoms with Crippen molar-refractivity contribution in [1.29, 1.82) is 0 Å². The predicted molar refractivity (Wildman–Crippen MR) is 59.2 cm³/mol. The molecule has 0 aromatic heterocycles. The van der Waals surface area contributed by atoms with Gasteiger partial charge in [-0.05, 0) is 13.3 Å². The molecule has 5 heteroatoms. The fourth-order valence-corrected chi connectivity index (χ4v) is 1.23. The summed E-state index contributed by atoms with van der Waals surface area (Å²) in [5.41, 5.74) is 5.10. The van der Waals surface area contributed by atoms with Crippen LogP contribution in [0, 0.1) is 0 Å². The highest BCUT2D eigenvalue weighted by molar-refractivity contribution is 5.85. The second-order valence-electron chi connectivity index (χ2n) is 3.62. The van der Waals surface area contributed by atoms with Gasteiger partial charge >= 0.3 is 0 Å². The molecule has 88 valence electrons. The van der Waals surface area contributed by atoms with Gasteiger partial charge in [-0.2, -0.15) is 0 Å². The minimum absolute atomic E-state index is 0.0284. The van der Waals surface area contributed by atoms with Gasteiger partial charge in [0.15, 0.2) is 0 Å². The Morgan fingerprint density at radius 1 is 1.47 bits per heavy atom. The standard InChI is InChI=1S/C10H21N3O2/c1-4-5-8(2)13(3)10(15)7-12-9(14)6-11/h8H,4-7,11H2,1-3H3,(H,12,14). The Labute approximate surface area is 91.0 Å². The number of carbonyl (C=O) groups is 2. The van der Waals surface area contributed by atoms with E-state index < -0.39 is 0 Å². The summed E-state index contributed by atoms with van der Waals surface area (Å²) in [6.45, 7) is 4.01. The van der Waals surface area contributed by atoms with E-state index in [0.717, 1.165) is 12.8 Å². The summed E-state index contributed by atoms with van der Waals surface area (Å²) in [5.74, 6) is -0.391. The molecule has 0 saturated heterocycles. The van der Waals surface area contributed by atoms with E-state index >= 15 is 0 Å². The summed E-state index contributed by atoms with van der Waals surface area (Å²) in [6, 6.07) is 0.206. The molecule has 15 heavy (non-hydrogen) atoms. The van der Waals surface area contributed by atoms with E-state index in [1.54, 1.807) is 11.9 Å². The van der Waals surface area contributed by atoms with E-state index in [2.05, 4.69) is 12.2 Å². The van der Waals surface area contributed by atoms with Gasteiger partial charge in [-0.15, -0.1) is 0 Å². The fraction of sp³-hybridized carbons (Fsp3) is 0.800. The number of carbonyl (C=O) groups excluding carboxylic acids is 2. The Morgan fingerprint density at radius 2 is 2.07 bits per heavy atom. The van der Waals surface area contributed by atoms with Crippen molar-refractivity contribution >= 4 is 11.8 Å². The summed E-state index contributed by atoms with van der Waals surface area (Å²) in [7, 11) is 1.75. The number of nitrogens with zero attached hydrogens (tertiary/aromatic N) is 1. The first-order valence-corrected chi connectivity index (χ1v) is 5.25. The molecule has 2 amide bonds. The van der Waals surface area contributed by atoms with Gasteiger partial charge in [0.1, 0.15) is 0 Å². The first-order valence-electron chi connectivity index (χ1n) is 5.25. The lowest BCUT2D eigenvalue weighted by Gasteiger charge is -2.24. The van der Waals surface area contributed by atoms with Crippen LogP contribution >= 0.6 is 0 Å². The maximum atomic E-state index is 11.6. The molecular weight excluding hydrogens is 194 g/mol. The van der Waals surface area contributed by atoms with Crippen molar-refractivity contribution in [2.75, 3.05) is 20.1 Å². The SMILES string of the molecule is CCCC(C)N(C)C(=O)CNC(=O)CN. The van der Waals surface area contributed by atoms with Gasteiger partial charge in [0.25, 0.3) is 0 Å². The van der Waals surface area contributed by atoms with Crippen molar-refractivity contribution in [3.8, 4) is 0 Å².